The van der Waals surface area contributed by atoms with Crippen LogP contribution in [0.2, 0.25) is 0 Å². The fraction of sp³-hybridized carbons (Fsp3) is 0.429. The number of carbonyl (C=O) groups excluding carboxylic acids is 1. The molecule has 0 radical (unpaired) electrons. The Labute approximate surface area is 117 Å². The Hall–Kier alpha value is -2.24. The van der Waals surface area contributed by atoms with Crippen molar-refractivity contribution in [1.82, 2.24) is 4.90 Å². The molecule has 0 unspecified atom stereocenters. The highest BCUT2D eigenvalue weighted by Crippen LogP contribution is 2.29. The number of hydrogen-bond donors (Lipinski definition) is 1. The lowest BCUT2D eigenvalue weighted by atomic mass is 10.1. The Morgan fingerprint density at radius 3 is 2.40 bits per heavy atom. The van der Waals surface area contributed by atoms with Crippen molar-refractivity contribution in [2.24, 2.45) is 0 Å². The summed E-state index contributed by atoms with van der Waals surface area (Å²) in [5.74, 6) is -1.44. The number of carboxylic acids is 1. The molecule has 1 fully saturated rings. The van der Waals surface area contributed by atoms with Gasteiger partial charge < -0.3 is 19.6 Å². The summed E-state index contributed by atoms with van der Waals surface area (Å²) in [6.07, 6.45) is 0. The van der Waals surface area contributed by atoms with E-state index < -0.39 is 11.9 Å². The number of carboxylic acid groups (broad SMARTS) is 1. The van der Waals surface area contributed by atoms with E-state index in [9.17, 15) is 9.59 Å². The molecule has 1 N–H and O–H groups in total. The molecule has 0 spiro atoms. The van der Waals surface area contributed by atoms with Gasteiger partial charge >= 0.3 is 11.9 Å². The van der Waals surface area contributed by atoms with Gasteiger partial charge in [0.2, 0.25) is 0 Å². The van der Waals surface area contributed by atoms with E-state index in [-0.39, 0.29) is 0 Å². The Balaban J connectivity index is 2.09. The predicted octanol–water partition coefficient (Wildman–Crippen LogP) is 0.737. The molecule has 0 aliphatic carbocycles. The monoisotopic (exact) mass is 278 g/mol. The van der Waals surface area contributed by atoms with Crippen molar-refractivity contribution in [3.05, 3.63) is 23.8 Å². The molecule has 1 aliphatic rings. The Morgan fingerprint density at radius 2 is 1.85 bits per heavy atom. The second-order valence-corrected chi connectivity index (χ2v) is 4.76. The van der Waals surface area contributed by atoms with Crippen LogP contribution >= 0.6 is 0 Å². The lowest BCUT2D eigenvalue weighted by Gasteiger charge is -2.36. The fourth-order valence-corrected chi connectivity index (χ4v) is 2.33. The van der Waals surface area contributed by atoms with Gasteiger partial charge in [-0.15, -0.1) is 0 Å². The van der Waals surface area contributed by atoms with Crippen molar-refractivity contribution in [3.8, 4) is 5.75 Å². The summed E-state index contributed by atoms with van der Waals surface area (Å²) in [6.45, 7) is 4.01. The predicted molar refractivity (Wildman–Crippen MR) is 74.2 cm³/mol. The standard InChI is InChI=1S/C14H18N2O4/c1-10-3-4-12(20-2)11(9-10)15-5-7-16(8-6-15)13(17)14(18)19/h3-4,9H,5-8H2,1-2H3,(H,18,19). The first-order valence-corrected chi connectivity index (χ1v) is 6.44. The molecule has 108 valence electrons. The van der Waals surface area contributed by atoms with E-state index in [0.29, 0.717) is 26.2 Å². The molecule has 0 aromatic heterocycles. The number of amides is 1. The van der Waals surface area contributed by atoms with Gasteiger partial charge in [0.25, 0.3) is 0 Å². The van der Waals surface area contributed by atoms with Crippen molar-refractivity contribution in [2.45, 2.75) is 6.92 Å². The molecular weight excluding hydrogens is 260 g/mol. The van der Waals surface area contributed by atoms with Crippen LogP contribution in [0, 0.1) is 6.92 Å². The maximum absolute atomic E-state index is 11.4. The molecule has 1 amide bonds. The fourth-order valence-electron chi connectivity index (χ4n) is 2.33. The van der Waals surface area contributed by atoms with Gasteiger partial charge in [-0.2, -0.15) is 0 Å². The lowest BCUT2D eigenvalue weighted by molar-refractivity contribution is -0.156. The van der Waals surface area contributed by atoms with Crippen LogP contribution in [0.3, 0.4) is 0 Å². The normalized spacial score (nSPS) is 15.1. The zero-order valence-corrected chi connectivity index (χ0v) is 11.6. The Bertz CT molecular complexity index is 522. The van der Waals surface area contributed by atoms with E-state index in [1.54, 1.807) is 7.11 Å². The van der Waals surface area contributed by atoms with Gasteiger partial charge in [-0.3, -0.25) is 4.79 Å². The van der Waals surface area contributed by atoms with E-state index in [2.05, 4.69) is 4.90 Å². The van der Waals surface area contributed by atoms with Crippen LogP contribution in [0.4, 0.5) is 5.69 Å². The number of aliphatic carboxylic acids is 1. The first-order chi connectivity index (χ1) is 9.52. The number of hydrogen-bond acceptors (Lipinski definition) is 4. The van der Waals surface area contributed by atoms with Crippen LogP contribution in [0.25, 0.3) is 0 Å². The van der Waals surface area contributed by atoms with Crippen molar-refractivity contribution >= 4 is 17.6 Å². The number of piperazine rings is 1. The van der Waals surface area contributed by atoms with Gasteiger partial charge in [-0.1, -0.05) is 6.07 Å². The second-order valence-electron chi connectivity index (χ2n) is 4.76. The molecule has 1 heterocycles. The topological polar surface area (TPSA) is 70.1 Å². The van der Waals surface area contributed by atoms with Crippen LogP contribution in [-0.2, 0) is 9.59 Å². The largest absolute Gasteiger partial charge is 0.495 e. The lowest BCUT2D eigenvalue weighted by Crippen LogP contribution is -2.50. The minimum Gasteiger partial charge on any atom is -0.495 e. The molecule has 0 bridgehead atoms. The number of ether oxygens (including phenoxy) is 1. The molecule has 1 aliphatic heterocycles. The van der Waals surface area contributed by atoms with Gasteiger partial charge in [0, 0.05) is 26.2 Å². The number of carbonyl (C=O) groups is 2. The molecule has 6 nitrogen and oxygen atoms in total. The van der Waals surface area contributed by atoms with E-state index in [4.69, 9.17) is 9.84 Å². The number of rotatable bonds is 2. The summed E-state index contributed by atoms with van der Waals surface area (Å²) in [5.41, 5.74) is 2.11. The van der Waals surface area contributed by atoms with Crippen LogP contribution in [0.1, 0.15) is 5.56 Å². The summed E-state index contributed by atoms with van der Waals surface area (Å²) in [7, 11) is 1.62. The van der Waals surface area contributed by atoms with E-state index in [0.717, 1.165) is 17.0 Å². The third-order valence-electron chi connectivity index (χ3n) is 3.42. The number of nitrogens with zero attached hydrogens (tertiary/aromatic N) is 2. The third-order valence-corrected chi connectivity index (χ3v) is 3.42. The molecule has 1 aromatic carbocycles. The van der Waals surface area contributed by atoms with E-state index >= 15 is 0 Å². The zero-order valence-electron chi connectivity index (χ0n) is 11.6. The van der Waals surface area contributed by atoms with Gasteiger partial charge in [-0.25, -0.2) is 4.79 Å². The molecule has 20 heavy (non-hydrogen) atoms. The van der Waals surface area contributed by atoms with Gasteiger partial charge in [-0.05, 0) is 24.6 Å². The quantitative estimate of drug-likeness (QED) is 0.808. The SMILES string of the molecule is COc1ccc(C)cc1N1CCN(C(=O)C(=O)O)CC1. The van der Waals surface area contributed by atoms with Gasteiger partial charge in [0.1, 0.15) is 5.75 Å². The zero-order chi connectivity index (χ0) is 14.7. The van der Waals surface area contributed by atoms with Crippen molar-refractivity contribution < 1.29 is 19.4 Å². The second kappa shape index (κ2) is 5.81. The van der Waals surface area contributed by atoms with Crippen molar-refractivity contribution in [3.63, 3.8) is 0 Å². The van der Waals surface area contributed by atoms with Crippen LogP contribution in [0.5, 0.6) is 5.75 Å². The average molecular weight is 278 g/mol. The highest BCUT2D eigenvalue weighted by atomic mass is 16.5. The molecule has 6 heteroatoms. The number of anilines is 1. The Kier molecular flexibility index (Phi) is 4.12. The summed E-state index contributed by atoms with van der Waals surface area (Å²) in [4.78, 5) is 25.5. The highest BCUT2D eigenvalue weighted by Gasteiger charge is 2.26. The molecule has 1 aromatic rings. The molecule has 0 atom stereocenters. The first kappa shape index (κ1) is 14.2. The van der Waals surface area contributed by atoms with Crippen LogP contribution in [0.15, 0.2) is 18.2 Å². The summed E-state index contributed by atoms with van der Waals surface area (Å²) in [5, 5.41) is 8.71. The summed E-state index contributed by atoms with van der Waals surface area (Å²) < 4.78 is 5.35. The number of methoxy groups -OCH3 is 1. The summed E-state index contributed by atoms with van der Waals surface area (Å²) >= 11 is 0. The van der Waals surface area contributed by atoms with Crippen molar-refractivity contribution in [2.75, 3.05) is 38.2 Å². The third kappa shape index (κ3) is 2.84. The number of benzene rings is 1. The van der Waals surface area contributed by atoms with E-state index in [1.807, 2.05) is 25.1 Å². The summed E-state index contributed by atoms with van der Waals surface area (Å²) in [6, 6.07) is 5.93. The van der Waals surface area contributed by atoms with Crippen molar-refractivity contribution in [1.29, 1.82) is 0 Å². The molecule has 1 saturated heterocycles. The molecular formula is C14H18N2O4. The van der Waals surface area contributed by atoms with E-state index in [1.165, 1.54) is 4.90 Å². The number of aryl methyl sites for hydroxylation is 1. The molecule has 2 rings (SSSR count). The molecule has 0 saturated carbocycles. The van der Waals surface area contributed by atoms with Crippen LogP contribution < -0.4 is 9.64 Å². The maximum atomic E-state index is 11.4. The average Bonchev–Trinajstić information content (AvgIpc) is 2.46. The smallest absolute Gasteiger partial charge is 0.394 e. The minimum absolute atomic E-state index is 0.405. The maximum Gasteiger partial charge on any atom is 0.394 e. The Morgan fingerprint density at radius 1 is 1.20 bits per heavy atom. The van der Waals surface area contributed by atoms with Gasteiger partial charge in [0.05, 0.1) is 12.8 Å². The minimum atomic E-state index is -1.40. The first-order valence-electron chi connectivity index (χ1n) is 6.44. The highest BCUT2D eigenvalue weighted by molar-refractivity contribution is 6.31. The van der Waals surface area contributed by atoms with Crippen LogP contribution in [-0.4, -0.2) is 55.2 Å². The van der Waals surface area contributed by atoms with Gasteiger partial charge in [0.15, 0.2) is 0 Å².